The summed E-state index contributed by atoms with van der Waals surface area (Å²) >= 11 is 0. The summed E-state index contributed by atoms with van der Waals surface area (Å²) in [4.78, 5) is 18.4. The monoisotopic (exact) mass is 378 g/mol. The maximum Gasteiger partial charge on any atom is 0.483 e. The van der Waals surface area contributed by atoms with Gasteiger partial charge in [-0.2, -0.15) is 0 Å². The molecule has 0 radical (unpaired) electrons. The molecule has 0 saturated heterocycles. The second-order valence-electron chi connectivity index (χ2n) is 4.74. The second kappa shape index (κ2) is 7.91. The maximum atomic E-state index is 12.1. The molecule has 25 heavy (non-hydrogen) atoms. The van der Waals surface area contributed by atoms with E-state index in [9.17, 15) is 33.9 Å². The number of nitro benzene ring substituents is 1. The summed E-state index contributed by atoms with van der Waals surface area (Å²) in [5, 5.41) is 54.4. The topological polar surface area (TPSA) is 199 Å². The highest BCUT2D eigenvalue weighted by Crippen LogP contribution is 2.24. The van der Waals surface area contributed by atoms with Gasteiger partial charge >= 0.3 is 5.66 Å². The van der Waals surface area contributed by atoms with Gasteiger partial charge in [0.05, 0.1) is 10.7 Å². The van der Waals surface area contributed by atoms with E-state index < -0.39 is 66.3 Å². The molecule has 0 aliphatic carbocycles. The quantitative estimate of drug-likeness (QED) is 0.183. The number of nitro groups is 2. The van der Waals surface area contributed by atoms with Gasteiger partial charge in [0.15, 0.2) is 23.1 Å². The summed E-state index contributed by atoms with van der Waals surface area (Å²) < 4.78 is 24.3. The molecule has 0 unspecified atom stereocenters. The Labute approximate surface area is 140 Å². The highest BCUT2D eigenvalue weighted by molar-refractivity contribution is 7.91. The Morgan fingerprint density at radius 1 is 1.08 bits per heavy atom. The van der Waals surface area contributed by atoms with Crippen LogP contribution in [0.1, 0.15) is 0 Å². The molecular weight excluding hydrogens is 364 g/mol. The fraction of sp³-hybridized carbons (Fsp3) is 0.455. The third-order valence-electron chi connectivity index (χ3n) is 3.19. The number of azo groups is 1. The van der Waals surface area contributed by atoms with E-state index in [1.807, 2.05) is 0 Å². The minimum absolute atomic E-state index is 0.581. The number of hydrogen-bond acceptors (Lipinski definition) is 10. The predicted octanol–water partition coefficient (Wildman–Crippen LogP) is -0.711. The Balaban J connectivity index is 3.05. The number of para-hydroxylation sites is 1. The van der Waals surface area contributed by atoms with E-state index in [0.29, 0.717) is 0 Å². The van der Waals surface area contributed by atoms with Gasteiger partial charge in [-0.05, 0) is 16.0 Å². The lowest BCUT2D eigenvalue weighted by atomic mass is 10.2. The van der Waals surface area contributed by atoms with Crippen molar-refractivity contribution in [2.24, 2.45) is 5.11 Å². The number of benzene rings is 1. The zero-order chi connectivity index (χ0) is 19.3. The van der Waals surface area contributed by atoms with Gasteiger partial charge in [-0.3, -0.25) is 20.2 Å². The van der Waals surface area contributed by atoms with Gasteiger partial charge in [0.25, 0.3) is 5.69 Å². The van der Waals surface area contributed by atoms with Gasteiger partial charge in [0.2, 0.25) is 0 Å². The van der Waals surface area contributed by atoms with Gasteiger partial charge in [-0.1, -0.05) is 12.1 Å². The van der Waals surface area contributed by atoms with E-state index in [2.05, 4.69) is 5.11 Å². The van der Waals surface area contributed by atoms with Crippen LogP contribution in [-0.2, 0) is 9.84 Å². The van der Waals surface area contributed by atoms with E-state index in [4.69, 9.17) is 10.2 Å². The lowest BCUT2D eigenvalue weighted by Crippen LogP contribution is -2.53. The molecule has 0 aromatic heterocycles. The summed E-state index contributed by atoms with van der Waals surface area (Å²) in [6, 6.07) is 4.53. The van der Waals surface area contributed by atoms with Crippen molar-refractivity contribution in [2.75, 3.05) is 25.5 Å². The molecule has 13 nitrogen and oxygen atoms in total. The lowest BCUT2D eigenvalue weighted by Gasteiger charge is -2.16. The summed E-state index contributed by atoms with van der Waals surface area (Å²) in [6.45, 7) is -3.49. The Morgan fingerprint density at radius 3 is 2.12 bits per heavy atom. The minimum Gasteiger partial charge on any atom is -0.594 e. The third-order valence-corrected chi connectivity index (χ3v) is 4.92. The van der Waals surface area contributed by atoms with Gasteiger partial charge in [0.1, 0.15) is 16.4 Å². The van der Waals surface area contributed by atoms with Crippen molar-refractivity contribution in [3.63, 3.8) is 0 Å². The van der Waals surface area contributed by atoms with Crippen molar-refractivity contribution >= 4 is 15.5 Å². The molecule has 2 N–H and O–H groups in total. The SMILES string of the molecule is O=[N+]([O-])c1ccccc1S(=O)(=O)CCN=[N+]([O-])C(CO)(CO)[N+](=O)[O-]. The van der Waals surface area contributed by atoms with Crippen LogP contribution in [0.5, 0.6) is 0 Å². The molecule has 1 aromatic rings. The smallest absolute Gasteiger partial charge is 0.483 e. The van der Waals surface area contributed by atoms with E-state index in [1.165, 1.54) is 12.1 Å². The Kier molecular flexibility index (Phi) is 6.43. The highest BCUT2D eigenvalue weighted by atomic mass is 32.2. The second-order valence-corrected chi connectivity index (χ2v) is 6.82. The zero-order valence-electron chi connectivity index (χ0n) is 12.6. The van der Waals surface area contributed by atoms with Crippen LogP contribution < -0.4 is 0 Å². The highest BCUT2D eigenvalue weighted by Gasteiger charge is 2.53. The summed E-state index contributed by atoms with van der Waals surface area (Å²) in [7, 11) is -4.21. The van der Waals surface area contributed by atoms with Crippen LogP contribution in [0, 0.1) is 25.4 Å². The van der Waals surface area contributed by atoms with E-state index in [-0.39, 0.29) is 0 Å². The molecule has 0 bridgehead atoms. The van der Waals surface area contributed by atoms with Gasteiger partial charge < -0.3 is 15.4 Å². The van der Waals surface area contributed by atoms with Crippen molar-refractivity contribution < 1.29 is 33.3 Å². The number of nitrogens with zero attached hydrogens (tertiary/aromatic N) is 4. The zero-order valence-corrected chi connectivity index (χ0v) is 13.4. The largest absolute Gasteiger partial charge is 0.594 e. The molecule has 0 atom stereocenters. The fourth-order valence-electron chi connectivity index (χ4n) is 1.72. The third kappa shape index (κ3) is 4.23. The average Bonchev–Trinajstić information content (AvgIpc) is 2.56. The number of aliphatic hydroxyl groups is 2. The van der Waals surface area contributed by atoms with Crippen molar-refractivity contribution in [2.45, 2.75) is 10.6 Å². The number of sulfone groups is 1. The number of aliphatic hydroxyl groups excluding tert-OH is 2. The first kappa shape index (κ1) is 20.3. The van der Waals surface area contributed by atoms with Crippen LogP contribution >= 0.6 is 0 Å². The summed E-state index contributed by atoms with van der Waals surface area (Å²) in [5.41, 5.74) is -3.51. The van der Waals surface area contributed by atoms with Crippen molar-refractivity contribution in [1.82, 2.24) is 0 Å². The molecule has 0 fully saturated rings. The fourth-order valence-corrected chi connectivity index (χ4v) is 3.01. The molecule has 0 spiro atoms. The molecule has 0 amide bonds. The van der Waals surface area contributed by atoms with Crippen LogP contribution in [0.3, 0.4) is 0 Å². The van der Waals surface area contributed by atoms with Crippen molar-refractivity contribution in [1.29, 1.82) is 0 Å². The molecule has 0 aliphatic heterocycles. The molecular formula is C11H14N4O9S. The van der Waals surface area contributed by atoms with Crippen molar-refractivity contribution in [3.8, 4) is 0 Å². The molecule has 138 valence electrons. The molecule has 14 heteroatoms. The van der Waals surface area contributed by atoms with Crippen LogP contribution in [-0.4, -0.2) is 64.5 Å². The van der Waals surface area contributed by atoms with Gasteiger partial charge in [0, 0.05) is 6.07 Å². The average molecular weight is 378 g/mol. The molecule has 0 saturated carbocycles. The molecule has 0 heterocycles. The molecule has 0 aliphatic rings. The number of hydrogen-bond donors (Lipinski definition) is 2. The van der Waals surface area contributed by atoms with Crippen LogP contribution in [0.15, 0.2) is 34.3 Å². The maximum absolute atomic E-state index is 12.1. The predicted molar refractivity (Wildman–Crippen MR) is 80.0 cm³/mol. The van der Waals surface area contributed by atoms with Gasteiger partial charge in [-0.15, -0.1) is 0 Å². The summed E-state index contributed by atoms with van der Waals surface area (Å²) in [6.07, 6.45) is 0. The Morgan fingerprint density at radius 2 is 1.64 bits per heavy atom. The summed E-state index contributed by atoms with van der Waals surface area (Å²) in [5.74, 6) is -0.846. The first-order valence-electron chi connectivity index (χ1n) is 6.59. The van der Waals surface area contributed by atoms with Crippen LogP contribution in [0.4, 0.5) is 5.69 Å². The van der Waals surface area contributed by atoms with Crippen molar-refractivity contribution in [3.05, 3.63) is 49.7 Å². The van der Waals surface area contributed by atoms with E-state index in [1.54, 1.807) is 0 Å². The van der Waals surface area contributed by atoms with E-state index >= 15 is 0 Å². The van der Waals surface area contributed by atoms with Gasteiger partial charge in [-0.25, -0.2) is 8.42 Å². The number of hydroxylamine groups is 1. The van der Waals surface area contributed by atoms with Crippen LogP contribution in [0.2, 0.25) is 0 Å². The molecule has 1 rings (SSSR count). The lowest BCUT2D eigenvalue weighted by molar-refractivity contribution is -0.818. The molecule has 1 aromatic carbocycles. The normalized spacial score (nSPS) is 12.8. The first-order valence-corrected chi connectivity index (χ1v) is 8.25. The standard InChI is InChI=1S/C11H14N4O9S/c16-7-11(8-17,15(21)22)14(20)12-5-6-25(23,24)10-4-2-1-3-9(10)13(18)19/h1-4,16-17H,5-8H2. The minimum atomic E-state index is -4.21. The number of rotatable bonds is 9. The Hall–Kier alpha value is -2.71. The Bertz CT molecular complexity index is 788. The van der Waals surface area contributed by atoms with E-state index in [0.717, 1.165) is 12.1 Å². The van der Waals surface area contributed by atoms with Crippen LogP contribution in [0.25, 0.3) is 0 Å². The first-order chi connectivity index (χ1) is 11.6.